The van der Waals surface area contributed by atoms with E-state index in [1.807, 2.05) is 6.92 Å². The second-order valence-corrected chi connectivity index (χ2v) is 4.71. The van der Waals surface area contributed by atoms with Crippen molar-refractivity contribution >= 4 is 0 Å². The predicted molar refractivity (Wildman–Crippen MR) is 65.7 cm³/mol. The summed E-state index contributed by atoms with van der Waals surface area (Å²) >= 11 is 0. The van der Waals surface area contributed by atoms with Gasteiger partial charge in [0, 0.05) is 12.5 Å². The summed E-state index contributed by atoms with van der Waals surface area (Å²) in [4.78, 5) is 6.70. The van der Waals surface area contributed by atoms with Crippen molar-refractivity contribution in [2.45, 2.75) is 45.2 Å². The number of hydrogen-bond donors (Lipinski definition) is 1. The van der Waals surface area contributed by atoms with Crippen molar-refractivity contribution in [1.29, 1.82) is 0 Å². The highest BCUT2D eigenvalue weighted by Gasteiger charge is 2.18. The highest BCUT2D eigenvalue weighted by atomic mass is 16.5. The average Bonchev–Trinajstić information content (AvgIpc) is 2.62. The molecule has 2 heterocycles. The lowest BCUT2D eigenvalue weighted by Crippen LogP contribution is -2.32. The monoisotopic (exact) mass is 238 g/mol. The van der Waals surface area contributed by atoms with Crippen LogP contribution in [0.3, 0.4) is 0 Å². The van der Waals surface area contributed by atoms with Crippen LogP contribution in [0.1, 0.15) is 37.9 Å². The zero-order valence-corrected chi connectivity index (χ0v) is 10.8. The Kier molecular flexibility index (Phi) is 4.50. The number of nitrogens with zero attached hydrogens (tertiary/aromatic N) is 3. The molecular formula is C12H22N4O. The number of aromatic nitrogens is 2. The summed E-state index contributed by atoms with van der Waals surface area (Å²) in [5.74, 6) is 1.54. The van der Waals surface area contributed by atoms with Crippen LogP contribution in [0.15, 0.2) is 4.52 Å². The molecule has 1 saturated heterocycles. The molecule has 0 amide bonds. The SMILES string of the molecule is CCc1nc(CN(C)C2CCCNCC2)no1. The number of aryl methyl sites for hydroxylation is 1. The lowest BCUT2D eigenvalue weighted by Gasteiger charge is -2.25. The Balaban J connectivity index is 1.88. The van der Waals surface area contributed by atoms with Crippen molar-refractivity contribution in [3.8, 4) is 0 Å². The van der Waals surface area contributed by atoms with Crippen LogP contribution in [0, 0.1) is 0 Å². The summed E-state index contributed by atoms with van der Waals surface area (Å²) in [6.45, 7) is 5.07. The molecule has 0 aromatic carbocycles. The van der Waals surface area contributed by atoms with E-state index in [4.69, 9.17) is 4.52 Å². The summed E-state index contributed by atoms with van der Waals surface area (Å²) in [7, 11) is 2.15. The van der Waals surface area contributed by atoms with E-state index >= 15 is 0 Å². The molecule has 1 aliphatic rings. The van der Waals surface area contributed by atoms with Gasteiger partial charge in [-0.1, -0.05) is 12.1 Å². The van der Waals surface area contributed by atoms with Crippen molar-refractivity contribution < 1.29 is 4.52 Å². The van der Waals surface area contributed by atoms with Crippen LogP contribution in [0.25, 0.3) is 0 Å². The first-order chi connectivity index (χ1) is 8.29. The minimum absolute atomic E-state index is 0.633. The van der Waals surface area contributed by atoms with Gasteiger partial charge in [-0.05, 0) is 39.4 Å². The third kappa shape index (κ3) is 3.51. The fourth-order valence-electron chi connectivity index (χ4n) is 2.29. The van der Waals surface area contributed by atoms with Gasteiger partial charge in [0.25, 0.3) is 0 Å². The molecule has 0 saturated carbocycles. The summed E-state index contributed by atoms with van der Waals surface area (Å²) in [5.41, 5.74) is 0. The molecule has 0 bridgehead atoms. The van der Waals surface area contributed by atoms with Crippen LogP contribution >= 0.6 is 0 Å². The highest BCUT2D eigenvalue weighted by molar-refractivity contribution is 4.87. The predicted octanol–water partition coefficient (Wildman–Crippen LogP) is 1.21. The summed E-state index contributed by atoms with van der Waals surface area (Å²) in [5, 5.41) is 7.43. The molecule has 1 aromatic rings. The third-order valence-electron chi connectivity index (χ3n) is 3.37. The Morgan fingerprint density at radius 3 is 3.06 bits per heavy atom. The largest absolute Gasteiger partial charge is 0.339 e. The highest BCUT2D eigenvalue weighted by Crippen LogP contribution is 2.13. The van der Waals surface area contributed by atoms with Gasteiger partial charge in [-0.3, -0.25) is 4.90 Å². The van der Waals surface area contributed by atoms with Gasteiger partial charge in [0.05, 0.1) is 6.54 Å². The van der Waals surface area contributed by atoms with Crippen LogP contribution < -0.4 is 5.32 Å². The number of nitrogens with one attached hydrogen (secondary N) is 1. The van der Waals surface area contributed by atoms with E-state index in [1.165, 1.54) is 19.3 Å². The molecule has 5 heteroatoms. The maximum absolute atomic E-state index is 5.13. The molecule has 1 aromatic heterocycles. The Labute approximate surface area is 103 Å². The van der Waals surface area contributed by atoms with Gasteiger partial charge >= 0.3 is 0 Å². The molecule has 1 unspecified atom stereocenters. The molecular weight excluding hydrogens is 216 g/mol. The van der Waals surface area contributed by atoms with E-state index in [1.54, 1.807) is 0 Å². The van der Waals surface area contributed by atoms with Gasteiger partial charge in [0.15, 0.2) is 5.82 Å². The zero-order chi connectivity index (χ0) is 12.1. The molecule has 17 heavy (non-hydrogen) atoms. The van der Waals surface area contributed by atoms with Crippen LogP contribution in [-0.2, 0) is 13.0 Å². The quantitative estimate of drug-likeness (QED) is 0.854. The summed E-state index contributed by atoms with van der Waals surface area (Å²) < 4.78 is 5.13. The molecule has 1 fully saturated rings. The smallest absolute Gasteiger partial charge is 0.226 e. The van der Waals surface area contributed by atoms with E-state index in [9.17, 15) is 0 Å². The van der Waals surface area contributed by atoms with E-state index in [-0.39, 0.29) is 0 Å². The first-order valence-electron chi connectivity index (χ1n) is 6.52. The van der Waals surface area contributed by atoms with Crippen molar-refractivity contribution in [2.24, 2.45) is 0 Å². The molecule has 0 radical (unpaired) electrons. The van der Waals surface area contributed by atoms with Crippen LogP contribution in [0.2, 0.25) is 0 Å². The molecule has 0 aliphatic carbocycles. The van der Waals surface area contributed by atoms with Crippen LogP contribution in [0.4, 0.5) is 0 Å². The number of rotatable bonds is 4. The summed E-state index contributed by atoms with van der Waals surface area (Å²) in [6, 6.07) is 0.633. The first kappa shape index (κ1) is 12.5. The molecule has 96 valence electrons. The fourth-order valence-corrected chi connectivity index (χ4v) is 2.29. The molecule has 1 atom stereocenters. The topological polar surface area (TPSA) is 54.2 Å². The molecule has 5 nitrogen and oxygen atoms in total. The van der Waals surface area contributed by atoms with E-state index in [2.05, 4.69) is 27.4 Å². The minimum atomic E-state index is 0.633. The van der Waals surface area contributed by atoms with E-state index < -0.39 is 0 Å². The summed E-state index contributed by atoms with van der Waals surface area (Å²) in [6.07, 6.45) is 4.52. The maximum Gasteiger partial charge on any atom is 0.226 e. The van der Waals surface area contributed by atoms with Gasteiger partial charge < -0.3 is 9.84 Å². The van der Waals surface area contributed by atoms with Gasteiger partial charge in [-0.25, -0.2) is 0 Å². The Morgan fingerprint density at radius 1 is 1.41 bits per heavy atom. The third-order valence-corrected chi connectivity index (χ3v) is 3.37. The zero-order valence-electron chi connectivity index (χ0n) is 10.8. The lowest BCUT2D eigenvalue weighted by atomic mass is 10.1. The Morgan fingerprint density at radius 2 is 2.29 bits per heavy atom. The van der Waals surface area contributed by atoms with Gasteiger partial charge in [0.2, 0.25) is 5.89 Å². The van der Waals surface area contributed by atoms with Gasteiger partial charge in [-0.15, -0.1) is 0 Å². The molecule has 1 N–H and O–H groups in total. The normalized spacial score (nSPS) is 21.7. The Hall–Kier alpha value is -0.940. The molecule has 2 rings (SSSR count). The van der Waals surface area contributed by atoms with Gasteiger partial charge in [-0.2, -0.15) is 4.98 Å². The van der Waals surface area contributed by atoms with Gasteiger partial charge in [0.1, 0.15) is 0 Å². The van der Waals surface area contributed by atoms with Crippen LogP contribution in [0.5, 0.6) is 0 Å². The van der Waals surface area contributed by atoms with Crippen LogP contribution in [-0.4, -0.2) is 41.2 Å². The standard InChI is InChI=1S/C12H22N4O/c1-3-12-14-11(15-17-12)9-16(2)10-5-4-7-13-8-6-10/h10,13H,3-9H2,1-2H3. The molecule has 1 aliphatic heterocycles. The molecule has 0 spiro atoms. The van der Waals surface area contributed by atoms with Crippen molar-refractivity contribution in [3.05, 3.63) is 11.7 Å². The van der Waals surface area contributed by atoms with Crippen molar-refractivity contribution in [2.75, 3.05) is 20.1 Å². The van der Waals surface area contributed by atoms with E-state index in [0.29, 0.717) is 6.04 Å². The lowest BCUT2D eigenvalue weighted by molar-refractivity contribution is 0.209. The number of hydrogen-bond acceptors (Lipinski definition) is 5. The fraction of sp³-hybridized carbons (Fsp3) is 0.833. The maximum atomic E-state index is 5.13. The minimum Gasteiger partial charge on any atom is -0.339 e. The van der Waals surface area contributed by atoms with Crippen molar-refractivity contribution in [1.82, 2.24) is 20.4 Å². The first-order valence-corrected chi connectivity index (χ1v) is 6.52. The Bertz CT molecular complexity index is 331. The second kappa shape index (κ2) is 6.12. The van der Waals surface area contributed by atoms with Crippen molar-refractivity contribution in [3.63, 3.8) is 0 Å². The van der Waals surface area contributed by atoms with E-state index in [0.717, 1.165) is 37.8 Å². The average molecular weight is 238 g/mol. The second-order valence-electron chi connectivity index (χ2n) is 4.71.